The minimum atomic E-state index is -0.427. The van der Waals surface area contributed by atoms with Gasteiger partial charge in [-0.1, -0.05) is 54.6 Å². The summed E-state index contributed by atoms with van der Waals surface area (Å²) in [5.74, 6) is -0.0377. The Morgan fingerprint density at radius 2 is 1.64 bits per heavy atom. The molecule has 3 aromatic carbocycles. The van der Waals surface area contributed by atoms with Crippen LogP contribution in [-0.4, -0.2) is 37.1 Å². The third-order valence-electron chi connectivity index (χ3n) is 5.25. The van der Waals surface area contributed by atoms with Crippen molar-refractivity contribution >= 4 is 52.1 Å². The van der Waals surface area contributed by atoms with Crippen molar-refractivity contribution in [3.05, 3.63) is 77.9 Å². The summed E-state index contributed by atoms with van der Waals surface area (Å²) >= 11 is 1.45. The number of Topliss-reactive ketones (excluding diaryl/α,β-unsaturated/α-hetero) is 1. The number of fused-ring (bicyclic) bond motifs is 1. The first-order chi connectivity index (χ1) is 16.1. The average Bonchev–Trinajstić information content (AvgIpc) is 2.84. The Labute approximate surface area is 206 Å². The van der Waals surface area contributed by atoms with Crippen LogP contribution in [0, 0.1) is 6.92 Å². The van der Waals surface area contributed by atoms with Gasteiger partial charge in [-0.2, -0.15) is 0 Å². The number of amides is 1. The molecule has 0 spiro atoms. The van der Waals surface area contributed by atoms with Crippen molar-refractivity contribution in [1.29, 1.82) is 0 Å². The van der Waals surface area contributed by atoms with Gasteiger partial charge in [-0.05, 0) is 60.8 Å². The predicted octanol–water partition coefficient (Wildman–Crippen LogP) is 5.19. The van der Waals surface area contributed by atoms with Crippen LogP contribution in [0.2, 0.25) is 0 Å². The van der Waals surface area contributed by atoms with Crippen LogP contribution < -0.4 is 10.6 Å². The molecule has 0 aliphatic heterocycles. The van der Waals surface area contributed by atoms with Crippen molar-refractivity contribution in [3.63, 3.8) is 0 Å². The zero-order chi connectivity index (χ0) is 24.1. The topological polar surface area (TPSA) is 58.2 Å². The Bertz CT molecular complexity index is 1030. The molecule has 0 aliphatic rings. The first-order valence-corrected chi connectivity index (χ1v) is 14.6. The minimum Gasteiger partial charge on any atom is -0.355 e. The summed E-state index contributed by atoms with van der Waals surface area (Å²) in [6.07, 6.45) is 1.97. The molecule has 3 unspecified atom stereocenters. The third-order valence-corrected chi connectivity index (χ3v) is 6.46. The van der Waals surface area contributed by atoms with E-state index in [1.165, 1.54) is 33.7 Å². The lowest BCUT2D eigenvalue weighted by molar-refractivity contribution is -0.124. The molecule has 0 radical (unpaired) electrons. The molecule has 0 saturated carbocycles. The van der Waals surface area contributed by atoms with Gasteiger partial charge in [0.25, 0.3) is 0 Å². The highest BCUT2D eigenvalue weighted by Crippen LogP contribution is 2.26. The molecule has 4 nitrogen and oxygen atoms in total. The van der Waals surface area contributed by atoms with E-state index in [0.717, 1.165) is 17.7 Å². The van der Waals surface area contributed by atoms with Crippen molar-refractivity contribution in [2.24, 2.45) is 0 Å². The van der Waals surface area contributed by atoms with Crippen LogP contribution in [0.5, 0.6) is 0 Å². The molecule has 3 rings (SSSR count). The summed E-state index contributed by atoms with van der Waals surface area (Å²) in [6.45, 7) is 3.00. The second-order valence-electron chi connectivity index (χ2n) is 7.67. The van der Waals surface area contributed by atoms with Crippen LogP contribution in [-0.2, 0) is 16.0 Å². The van der Waals surface area contributed by atoms with Gasteiger partial charge in [0.05, 0.1) is 11.8 Å². The molecular formula is C26H34N2O2P2S. The summed E-state index contributed by atoms with van der Waals surface area (Å²) in [6, 6.07) is 22.6. The Kier molecular flexibility index (Phi) is 12.6. The number of aryl methyl sites for hydroxylation is 2. The van der Waals surface area contributed by atoms with E-state index in [4.69, 9.17) is 0 Å². The first-order valence-electron chi connectivity index (χ1n) is 11.0. The molecule has 0 saturated heterocycles. The van der Waals surface area contributed by atoms with Gasteiger partial charge in [0, 0.05) is 17.9 Å². The van der Waals surface area contributed by atoms with Crippen LogP contribution in [0.15, 0.2) is 71.6 Å². The molecule has 0 aliphatic carbocycles. The third kappa shape index (κ3) is 8.83. The molecule has 0 fully saturated rings. The number of benzene rings is 3. The summed E-state index contributed by atoms with van der Waals surface area (Å²) in [4.78, 5) is 26.0. The van der Waals surface area contributed by atoms with E-state index in [2.05, 4.69) is 71.8 Å². The standard InChI is InChI=1S/C26H30N2O2S.H4P2/c1-19-9-6-15-24-20(10-7-14-23(19)24)11-8-16-28-26(30)25(17-21(29)18-27-2)31-22-12-4-3-5-13-22;1-2/h3-7,9-10,12-15,25,27H,8,11,16-18H2,1-2H3,(H,28,30);1-2H2. The molecule has 3 aromatic rings. The van der Waals surface area contributed by atoms with Gasteiger partial charge < -0.3 is 10.6 Å². The van der Waals surface area contributed by atoms with Crippen molar-refractivity contribution in [1.82, 2.24) is 10.6 Å². The molecule has 0 bridgehead atoms. The van der Waals surface area contributed by atoms with Crippen molar-refractivity contribution in [2.45, 2.75) is 36.3 Å². The van der Waals surface area contributed by atoms with Crippen molar-refractivity contribution in [3.8, 4) is 0 Å². The largest absolute Gasteiger partial charge is 0.355 e. The van der Waals surface area contributed by atoms with Gasteiger partial charge in [0.2, 0.25) is 5.91 Å². The van der Waals surface area contributed by atoms with Crippen LogP contribution in [0.4, 0.5) is 0 Å². The van der Waals surface area contributed by atoms with Gasteiger partial charge in [-0.25, -0.2) is 0 Å². The lowest BCUT2D eigenvalue weighted by atomic mass is 9.98. The van der Waals surface area contributed by atoms with Crippen molar-refractivity contribution < 1.29 is 9.59 Å². The van der Waals surface area contributed by atoms with Gasteiger partial charge >= 0.3 is 0 Å². The van der Waals surface area contributed by atoms with Gasteiger partial charge in [0.1, 0.15) is 5.78 Å². The lowest BCUT2D eigenvalue weighted by Gasteiger charge is -2.16. The fourth-order valence-corrected chi connectivity index (χ4v) is 4.78. The number of hydrogen-bond donors (Lipinski definition) is 2. The molecule has 176 valence electrons. The SMILES string of the molecule is CNCC(=O)CC(Sc1ccccc1)C(=O)NCCCc1cccc2c(C)cccc12.PP. The van der Waals surface area contributed by atoms with E-state index in [1.54, 1.807) is 7.05 Å². The molecule has 33 heavy (non-hydrogen) atoms. The van der Waals surface area contributed by atoms with E-state index in [1.807, 2.05) is 30.3 Å². The van der Waals surface area contributed by atoms with E-state index in [9.17, 15) is 9.59 Å². The fourth-order valence-electron chi connectivity index (χ4n) is 3.68. The van der Waals surface area contributed by atoms with Gasteiger partial charge in [0.15, 0.2) is 0 Å². The number of hydrogen-bond acceptors (Lipinski definition) is 4. The first kappa shape index (κ1) is 27.5. The zero-order valence-electron chi connectivity index (χ0n) is 19.3. The number of ketones is 1. The minimum absolute atomic E-state index is 0.0391. The molecule has 3 atom stereocenters. The second kappa shape index (κ2) is 15.2. The molecular weight excluding hydrogens is 466 g/mol. The number of rotatable bonds is 11. The Morgan fingerprint density at radius 3 is 2.36 bits per heavy atom. The summed E-state index contributed by atoms with van der Waals surface area (Å²) in [5.41, 5.74) is 2.58. The number of thioether (sulfide) groups is 1. The normalized spacial score (nSPS) is 11.4. The quantitative estimate of drug-likeness (QED) is 0.216. The number of carbonyl (C=O) groups is 2. The molecule has 7 heteroatoms. The maximum atomic E-state index is 12.9. The van der Waals surface area contributed by atoms with Crippen LogP contribution in [0.1, 0.15) is 24.0 Å². The Balaban J connectivity index is 0.00000187. The lowest BCUT2D eigenvalue weighted by Crippen LogP contribution is -2.36. The Morgan fingerprint density at radius 1 is 0.939 bits per heavy atom. The molecule has 0 heterocycles. The summed E-state index contributed by atoms with van der Waals surface area (Å²) in [5, 5.41) is 8.06. The maximum absolute atomic E-state index is 12.9. The highest BCUT2D eigenvalue weighted by atomic mass is 32.2. The van der Waals surface area contributed by atoms with E-state index >= 15 is 0 Å². The Hall–Kier alpha value is -1.77. The monoisotopic (exact) mass is 500 g/mol. The predicted molar refractivity (Wildman–Crippen MR) is 149 cm³/mol. The van der Waals surface area contributed by atoms with Gasteiger partial charge in [-0.15, -0.1) is 29.6 Å². The fraction of sp³-hybridized carbons (Fsp3) is 0.308. The van der Waals surface area contributed by atoms with E-state index in [-0.39, 0.29) is 24.7 Å². The van der Waals surface area contributed by atoms with Crippen LogP contribution in [0.3, 0.4) is 0 Å². The highest BCUT2D eigenvalue weighted by Gasteiger charge is 2.22. The summed E-state index contributed by atoms with van der Waals surface area (Å²) in [7, 11) is 6.41. The average molecular weight is 501 g/mol. The molecule has 2 N–H and O–H groups in total. The second-order valence-corrected chi connectivity index (χ2v) is 8.95. The zero-order valence-corrected chi connectivity index (χ0v) is 22.5. The van der Waals surface area contributed by atoms with Gasteiger partial charge in [-0.3, -0.25) is 9.59 Å². The molecule has 1 amide bonds. The van der Waals surface area contributed by atoms with E-state index < -0.39 is 5.25 Å². The highest BCUT2D eigenvalue weighted by molar-refractivity contribution is 8.00. The number of nitrogens with one attached hydrogen (secondary N) is 2. The van der Waals surface area contributed by atoms with E-state index in [0.29, 0.717) is 6.54 Å². The smallest absolute Gasteiger partial charge is 0.233 e. The van der Waals surface area contributed by atoms with Crippen LogP contribution >= 0.6 is 29.6 Å². The summed E-state index contributed by atoms with van der Waals surface area (Å²) < 4.78 is 0. The number of likely N-dealkylation sites (N-methyl/N-ethyl adjacent to an activating group) is 1. The number of carbonyl (C=O) groups excluding carboxylic acids is 2. The maximum Gasteiger partial charge on any atom is 0.233 e. The van der Waals surface area contributed by atoms with Crippen molar-refractivity contribution in [2.75, 3.05) is 20.1 Å². The molecule has 0 aromatic heterocycles. The van der Waals surface area contributed by atoms with Crippen LogP contribution in [0.25, 0.3) is 10.8 Å².